The molecule has 1 atom stereocenters. The van der Waals surface area contributed by atoms with Gasteiger partial charge in [-0.3, -0.25) is 9.82 Å². The molecular formula is C25H38N8OS. The molecule has 0 amide bonds. The van der Waals surface area contributed by atoms with Gasteiger partial charge in [0.1, 0.15) is 5.82 Å². The average molecular weight is 499 g/mol. The van der Waals surface area contributed by atoms with Gasteiger partial charge in [0.2, 0.25) is 5.95 Å². The predicted octanol–water partition coefficient (Wildman–Crippen LogP) is 4.33. The highest BCUT2D eigenvalue weighted by molar-refractivity contribution is 7.97. The Balaban J connectivity index is 0.000000363. The summed E-state index contributed by atoms with van der Waals surface area (Å²) in [6.07, 6.45) is 5.25. The van der Waals surface area contributed by atoms with Crippen molar-refractivity contribution in [3.8, 4) is 0 Å². The maximum absolute atomic E-state index is 8.47. The van der Waals surface area contributed by atoms with Gasteiger partial charge in [-0.15, -0.1) is 0 Å². The van der Waals surface area contributed by atoms with E-state index in [9.17, 15) is 0 Å². The molecule has 9 nitrogen and oxygen atoms in total. The second-order valence-corrected chi connectivity index (χ2v) is 9.78. The van der Waals surface area contributed by atoms with Crippen LogP contribution in [0.4, 0.5) is 17.5 Å². The first-order valence-electron chi connectivity index (χ1n) is 12.1. The molecule has 0 spiro atoms. The molecule has 1 unspecified atom stereocenters. The average Bonchev–Trinajstić information content (AvgIpc) is 3.30. The molecule has 3 heterocycles. The number of aliphatic hydroxyl groups excluding tert-OH is 1. The molecule has 2 aromatic heterocycles. The summed E-state index contributed by atoms with van der Waals surface area (Å²) < 4.78 is 3.60. The van der Waals surface area contributed by atoms with Crippen LogP contribution in [0.25, 0.3) is 0 Å². The van der Waals surface area contributed by atoms with Crippen LogP contribution in [-0.4, -0.2) is 62.4 Å². The Morgan fingerprint density at radius 2 is 1.94 bits per heavy atom. The number of benzene rings is 1. The van der Waals surface area contributed by atoms with Gasteiger partial charge in [0.05, 0.1) is 12.3 Å². The number of H-pyrrole nitrogens is 1. The number of aliphatic hydroxyl groups is 1. The standard InChI is InChI=1S/C20H30N6S.C5H8N2O/c1-4-15(2)22-19-9-12-21-20(24-19)23-16-5-7-18(8-6-16)27-25-17-10-13-26(3)14-11-17;1-4-2-5(3-8)7-6-4/h5-9,12,15,17,25H,4,10-11,13-14H2,1-3H3,(H2,21,22,23,24);2,8H,3H2,1H3,(H,6,7). The summed E-state index contributed by atoms with van der Waals surface area (Å²) in [6.45, 7) is 8.55. The van der Waals surface area contributed by atoms with E-state index in [1.165, 1.54) is 30.8 Å². The number of piperidine rings is 1. The summed E-state index contributed by atoms with van der Waals surface area (Å²) in [6, 6.07) is 13.1. The third-order valence-electron chi connectivity index (χ3n) is 5.76. The molecule has 1 aliphatic rings. The second kappa shape index (κ2) is 14.0. The summed E-state index contributed by atoms with van der Waals surface area (Å²) in [7, 11) is 2.19. The lowest BCUT2D eigenvalue weighted by Crippen LogP contribution is -2.38. The SMILES string of the molecule is CCC(C)Nc1ccnc(Nc2ccc(SNC3CCN(C)CC3)cc2)n1.Cc1cc(CO)n[nH]1. The molecule has 3 aromatic rings. The van der Waals surface area contributed by atoms with Crippen molar-refractivity contribution in [1.29, 1.82) is 0 Å². The summed E-state index contributed by atoms with van der Waals surface area (Å²) >= 11 is 1.72. The fraction of sp³-hybridized carbons (Fsp3) is 0.480. The Labute approximate surface area is 212 Å². The van der Waals surface area contributed by atoms with Crippen molar-refractivity contribution >= 4 is 29.4 Å². The van der Waals surface area contributed by atoms with Gasteiger partial charge in [0.25, 0.3) is 0 Å². The summed E-state index contributed by atoms with van der Waals surface area (Å²) in [4.78, 5) is 12.4. The van der Waals surface area contributed by atoms with Crippen molar-refractivity contribution in [2.45, 2.75) is 63.6 Å². The fourth-order valence-electron chi connectivity index (χ4n) is 3.42. The van der Waals surface area contributed by atoms with Crippen LogP contribution < -0.4 is 15.4 Å². The smallest absolute Gasteiger partial charge is 0.229 e. The van der Waals surface area contributed by atoms with Gasteiger partial charge in [-0.2, -0.15) is 10.1 Å². The van der Waals surface area contributed by atoms with Crippen LogP contribution in [0.15, 0.2) is 47.5 Å². The van der Waals surface area contributed by atoms with Crippen LogP contribution in [-0.2, 0) is 6.61 Å². The second-order valence-electron chi connectivity index (χ2n) is 8.87. The molecule has 5 N–H and O–H groups in total. The predicted molar refractivity (Wildman–Crippen MR) is 144 cm³/mol. The highest BCUT2D eigenvalue weighted by Gasteiger charge is 2.16. The Kier molecular flexibility index (Phi) is 10.8. The number of aromatic nitrogens is 4. The van der Waals surface area contributed by atoms with E-state index in [4.69, 9.17) is 5.11 Å². The molecule has 1 aliphatic heterocycles. The molecule has 1 saturated heterocycles. The minimum Gasteiger partial charge on any atom is -0.390 e. The van der Waals surface area contributed by atoms with E-state index in [0.717, 1.165) is 23.6 Å². The van der Waals surface area contributed by atoms with Gasteiger partial charge < -0.3 is 20.6 Å². The topological polar surface area (TPSA) is 114 Å². The Morgan fingerprint density at radius 1 is 1.20 bits per heavy atom. The number of aryl methyl sites for hydroxylation is 1. The van der Waals surface area contributed by atoms with E-state index >= 15 is 0 Å². The van der Waals surface area contributed by atoms with E-state index < -0.39 is 0 Å². The van der Waals surface area contributed by atoms with E-state index in [1.807, 2.05) is 13.0 Å². The Morgan fingerprint density at radius 3 is 2.54 bits per heavy atom. The van der Waals surface area contributed by atoms with Crippen LogP contribution in [0.5, 0.6) is 0 Å². The number of likely N-dealkylation sites (tertiary alicyclic amines) is 1. The zero-order valence-electron chi connectivity index (χ0n) is 21.1. The molecule has 0 aliphatic carbocycles. The summed E-state index contributed by atoms with van der Waals surface area (Å²) in [5.41, 5.74) is 2.66. The van der Waals surface area contributed by atoms with E-state index in [2.05, 4.69) is 85.6 Å². The fourth-order valence-corrected chi connectivity index (χ4v) is 4.23. The Hall–Kier alpha value is -2.66. The van der Waals surface area contributed by atoms with Crippen LogP contribution in [0.1, 0.15) is 44.5 Å². The maximum Gasteiger partial charge on any atom is 0.229 e. The zero-order chi connectivity index (χ0) is 25.0. The van der Waals surface area contributed by atoms with E-state index in [1.54, 1.807) is 24.2 Å². The van der Waals surface area contributed by atoms with Crippen molar-refractivity contribution in [1.82, 2.24) is 29.8 Å². The van der Waals surface area contributed by atoms with Crippen LogP contribution in [0.2, 0.25) is 0 Å². The monoisotopic (exact) mass is 498 g/mol. The molecule has 190 valence electrons. The van der Waals surface area contributed by atoms with Crippen molar-refractivity contribution in [2.24, 2.45) is 0 Å². The molecule has 0 saturated carbocycles. The molecule has 10 heteroatoms. The lowest BCUT2D eigenvalue weighted by molar-refractivity contribution is 0.250. The van der Waals surface area contributed by atoms with Crippen LogP contribution in [0.3, 0.4) is 0 Å². The number of aromatic amines is 1. The number of nitrogens with one attached hydrogen (secondary N) is 4. The molecular weight excluding hydrogens is 460 g/mol. The number of nitrogens with zero attached hydrogens (tertiary/aromatic N) is 4. The van der Waals surface area contributed by atoms with Gasteiger partial charge in [0.15, 0.2) is 0 Å². The first-order chi connectivity index (χ1) is 16.9. The summed E-state index contributed by atoms with van der Waals surface area (Å²) in [5, 5.41) is 21.6. The lowest BCUT2D eigenvalue weighted by Gasteiger charge is -2.29. The van der Waals surface area contributed by atoms with Crippen molar-refractivity contribution in [2.75, 3.05) is 30.8 Å². The van der Waals surface area contributed by atoms with Crippen LogP contribution in [0, 0.1) is 6.92 Å². The van der Waals surface area contributed by atoms with Crippen molar-refractivity contribution in [3.05, 3.63) is 54.0 Å². The highest BCUT2D eigenvalue weighted by Crippen LogP contribution is 2.22. The van der Waals surface area contributed by atoms with E-state index in [-0.39, 0.29) is 6.61 Å². The molecule has 1 fully saturated rings. The third-order valence-corrected chi connectivity index (χ3v) is 6.71. The number of hydrogen-bond acceptors (Lipinski definition) is 9. The maximum atomic E-state index is 8.47. The number of hydrogen-bond donors (Lipinski definition) is 5. The highest BCUT2D eigenvalue weighted by atomic mass is 32.2. The lowest BCUT2D eigenvalue weighted by atomic mass is 10.1. The molecule has 0 bridgehead atoms. The number of rotatable bonds is 9. The van der Waals surface area contributed by atoms with E-state index in [0.29, 0.717) is 23.7 Å². The zero-order valence-corrected chi connectivity index (χ0v) is 21.9. The summed E-state index contributed by atoms with van der Waals surface area (Å²) in [5.74, 6) is 1.45. The minimum absolute atomic E-state index is 0.0182. The first kappa shape index (κ1) is 26.9. The van der Waals surface area contributed by atoms with Crippen molar-refractivity contribution < 1.29 is 5.11 Å². The van der Waals surface area contributed by atoms with Gasteiger partial charge in [-0.05, 0) is 102 Å². The van der Waals surface area contributed by atoms with Gasteiger partial charge >= 0.3 is 0 Å². The third kappa shape index (κ3) is 9.48. The molecule has 4 rings (SSSR count). The van der Waals surface area contributed by atoms with Gasteiger partial charge in [0, 0.05) is 34.6 Å². The largest absolute Gasteiger partial charge is 0.390 e. The van der Waals surface area contributed by atoms with Crippen LogP contribution >= 0.6 is 11.9 Å². The number of anilines is 3. The van der Waals surface area contributed by atoms with Gasteiger partial charge in [-0.1, -0.05) is 6.92 Å². The van der Waals surface area contributed by atoms with Gasteiger partial charge in [-0.25, -0.2) is 4.98 Å². The molecule has 1 aromatic carbocycles. The Bertz CT molecular complexity index is 1000. The van der Waals surface area contributed by atoms with Crippen molar-refractivity contribution in [3.63, 3.8) is 0 Å². The normalized spacial score (nSPS) is 15.2. The minimum atomic E-state index is 0.0182. The quantitative estimate of drug-likeness (QED) is 0.275. The molecule has 0 radical (unpaired) electrons. The first-order valence-corrected chi connectivity index (χ1v) is 13.0. The molecule has 35 heavy (non-hydrogen) atoms.